The summed E-state index contributed by atoms with van der Waals surface area (Å²) in [5.74, 6) is -0.616. The van der Waals surface area contributed by atoms with Crippen molar-refractivity contribution in [3.05, 3.63) is 56.7 Å². The van der Waals surface area contributed by atoms with Crippen LogP contribution in [-0.2, 0) is 4.74 Å². The summed E-state index contributed by atoms with van der Waals surface area (Å²) in [4.78, 5) is 27.9. The Morgan fingerprint density at radius 2 is 2.24 bits per heavy atom. The summed E-state index contributed by atoms with van der Waals surface area (Å²) in [6.45, 7) is 1.79. The Morgan fingerprint density at radius 3 is 2.88 bits per heavy atom. The first-order valence-electron chi connectivity index (χ1n) is 7.13. The molecule has 0 radical (unpaired) electrons. The second-order valence-corrected chi connectivity index (χ2v) is 6.14. The molecule has 128 valence electrons. The number of esters is 1. The minimum absolute atomic E-state index is 0.0378. The zero-order valence-electron chi connectivity index (χ0n) is 12.9. The van der Waals surface area contributed by atoms with Gasteiger partial charge in [0, 0.05) is 11.1 Å². The van der Waals surface area contributed by atoms with E-state index in [0.29, 0.717) is 4.88 Å². The third-order valence-corrected chi connectivity index (χ3v) is 4.27. The van der Waals surface area contributed by atoms with Crippen molar-refractivity contribution in [3.8, 4) is 16.4 Å². The number of hydrogen-bond donors (Lipinski definition) is 0. The number of nitrogens with zero attached hydrogens (tertiary/aromatic N) is 4. The molecule has 0 aliphatic heterocycles. The zero-order chi connectivity index (χ0) is 18.0. The van der Waals surface area contributed by atoms with E-state index in [9.17, 15) is 14.9 Å². The monoisotopic (exact) mass is 378 g/mol. The lowest BCUT2D eigenvalue weighted by Crippen LogP contribution is -2.14. The van der Waals surface area contributed by atoms with Crippen molar-refractivity contribution in [2.24, 2.45) is 0 Å². The fourth-order valence-electron chi connectivity index (χ4n) is 2.14. The van der Waals surface area contributed by atoms with Crippen molar-refractivity contribution in [3.63, 3.8) is 0 Å². The molecule has 0 amide bonds. The smallest absolute Gasteiger partial charge is 0.376 e. The van der Waals surface area contributed by atoms with Gasteiger partial charge in [0.05, 0.1) is 16.4 Å². The predicted molar refractivity (Wildman–Crippen MR) is 92.3 cm³/mol. The molecule has 0 fully saturated rings. The second kappa shape index (κ2) is 6.99. The Bertz CT molecular complexity index is 939. The van der Waals surface area contributed by atoms with E-state index in [1.165, 1.54) is 29.5 Å². The van der Waals surface area contributed by atoms with Gasteiger partial charge >= 0.3 is 5.97 Å². The first-order valence-corrected chi connectivity index (χ1v) is 8.39. The lowest BCUT2D eigenvalue weighted by Gasteiger charge is -2.06. The van der Waals surface area contributed by atoms with Gasteiger partial charge in [0.15, 0.2) is 5.82 Å². The molecule has 0 atom stereocenters. The maximum atomic E-state index is 12.2. The standard InChI is InChI=1S/C15H11ClN4O4S/c1-2-24-15(21)14-17-13(12-4-3-7-25-12)18-19(14)11-8-9(16)5-6-10(11)20(22)23/h3-8H,2H2,1H3. The molecule has 0 aliphatic carbocycles. The summed E-state index contributed by atoms with van der Waals surface area (Å²) in [6.07, 6.45) is 0. The summed E-state index contributed by atoms with van der Waals surface area (Å²) >= 11 is 7.35. The topological polar surface area (TPSA) is 100 Å². The molecular formula is C15H11ClN4O4S. The number of thiophene rings is 1. The number of ether oxygens (including phenoxy) is 1. The normalized spacial score (nSPS) is 10.6. The van der Waals surface area contributed by atoms with Gasteiger partial charge in [-0.1, -0.05) is 17.7 Å². The molecule has 0 aliphatic rings. The predicted octanol–water partition coefficient (Wildman–Crippen LogP) is 3.73. The molecule has 8 nitrogen and oxygen atoms in total. The quantitative estimate of drug-likeness (QED) is 0.381. The number of rotatable bonds is 5. The first kappa shape index (κ1) is 17.1. The molecule has 1 aromatic carbocycles. The maximum absolute atomic E-state index is 12.2. The van der Waals surface area contributed by atoms with E-state index in [0.717, 1.165) is 4.68 Å². The van der Waals surface area contributed by atoms with E-state index in [1.54, 1.807) is 13.0 Å². The molecule has 0 bridgehead atoms. The summed E-state index contributed by atoms with van der Waals surface area (Å²) in [5, 5.41) is 17.7. The van der Waals surface area contributed by atoms with Gasteiger partial charge in [-0.2, -0.15) is 9.67 Å². The number of carbonyl (C=O) groups excluding carboxylic acids is 1. The van der Waals surface area contributed by atoms with Crippen LogP contribution in [0.2, 0.25) is 5.02 Å². The number of carbonyl (C=O) groups is 1. The van der Waals surface area contributed by atoms with Gasteiger partial charge in [0.1, 0.15) is 5.69 Å². The average Bonchev–Trinajstić information content (AvgIpc) is 3.24. The summed E-state index contributed by atoms with van der Waals surface area (Å²) < 4.78 is 6.08. The van der Waals surface area contributed by atoms with Crippen LogP contribution < -0.4 is 0 Å². The first-order chi connectivity index (χ1) is 12.0. The summed E-state index contributed by atoms with van der Waals surface area (Å²) in [7, 11) is 0. The highest BCUT2D eigenvalue weighted by Crippen LogP contribution is 2.29. The number of hydrogen-bond acceptors (Lipinski definition) is 7. The minimum atomic E-state index is -0.730. The summed E-state index contributed by atoms with van der Waals surface area (Å²) in [5.41, 5.74) is -0.214. The number of benzene rings is 1. The number of nitro groups is 1. The molecule has 0 spiro atoms. The molecular weight excluding hydrogens is 368 g/mol. The van der Waals surface area contributed by atoms with E-state index in [2.05, 4.69) is 10.1 Å². The molecule has 25 heavy (non-hydrogen) atoms. The van der Waals surface area contributed by atoms with E-state index in [-0.39, 0.29) is 34.7 Å². The number of aromatic nitrogens is 3. The molecule has 10 heteroatoms. The fourth-order valence-corrected chi connectivity index (χ4v) is 2.96. The molecule has 0 unspecified atom stereocenters. The van der Waals surface area contributed by atoms with Crippen LogP contribution in [0.3, 0.4) is 0 Å². The van der Waals surface area contributed by atoms with Gasteiger partial charge in [-0.25, -0.2) is 4.79 Å². The van der Waals surface area contributed by atoms with Gasteiger partial charge < -0.3 is 4.74 Å². The number of halogens is 1. The Balaban J connectivity index is 2.23. The highest BCUT2D eigenvalue weighted by Gasteiger charge is 2.26. The van der Waals surface area contributed by atoms with Crippen molar-refractivity contribution >= 4 is 34.6 Å². The molecule has 0 saturated heterocycles. The minimum Gasteiger partial charge on any atom is -0.460 e. The van der Waals surface area contributed by atoms with Gasteiger partial charge in [-0.3, -0.25) is 10.1 Å². The fraction of sp³-hybridized carbons (Fsp3) is 0.133. The molecule has 3 aromatic rings. The van der Waals surface area contributed by atoms with Gasteiger partial charge in [-0.05, 0) is 30.5 Å². The van der Waals surface area contributed by atoms with Crippen molar-refractivity contribution < 1.29 is 14.5 Å². The molecule has 0 N–H and O–H groups in total. The third-order valence-electron chi connectivity index (χ3n) is 3.17. The van der Waals surface area contributed by atoms with Crippen molar-refractivity contribution in [1.29, 1.82) is 0 Å². The van der Waals surface area contributed by atoms with Crippen molar-refractivity contribution in [2.75, 3.05) is 6.61 Å². The van der Waals surface area contributed by atoms with Crippen molar-refractivity contribution in [1.82, 2.24) is 14.8 Å². The largest absolute Gasteiger partial charge is 0.460 e. The second-order valence-electron chi connectivity index (χ2n) is 4.76. The Labute approximate surface area is 150 Å². The molecule has 3 rings (SSSR count). The Morgan fingerprint density at radius 1 is 1.44 bits per heavy atom. The number of nitro benzene ring substituents is 1. The van der Waals surface area contributed by atoms with Gasteiger partial charge in [-0.15, -0.1) is 16.4 Å². The van der Waals surface area contributed by atoms with E-state index >= 15 is 0 Å². The summed E-state index contributed by atoms with van der Waals surface area (Å²) in [6, 6.07) is 7.59. The van der Waals surface area contributed by atoms with Crippen LogP contribution in [0.25, 0.3) is 16.4 Å². The molecule has 2 aromatic heterocycles. The van der Waals surface area contributed by atoms with Crippen LogP contribution >= 0.6 is 22.9 Å². The van der Waals surface area contributed by atoms with Crippen LogP contribution in [0.1, 0.15) is 17.5 Å². The van der Waals surface area contributed by atoms with Crippen LogP contribution in [0.5, 0.6) is 0 Å². The SMILES string of the molecule is CCOC(=O)c1nc(-c2cccs2)nn1-c1cc(Cl)ccc1[N+](=O)[O-]. The molecule has 0 saturated carbocycles. The molecule has 2 heterocycles. The van der Waals surface area contributed by atoms with E-state index in [4.69, 9.17) is 16.3 Å². The highest BCUT2D eigenvalue weighted by atomic mass is 35.5. The highest BCUT2D eigenvalue weighted by molar-refractivity contribution is 7.13. The van der Waals surface area contributed by atoms with Crippen LogP contribution in [0, 0.1) is 10.1 Å². The Kier molecular flexibility index (Phi) is 4.77. The Hall–Kier alpha value is -2.78. The van der Waals surface area contributed by atoms with E-state index in [1.807, 2.05) is 11.4 Å². The zero-order valence-corrected chi connectivity index (χ0v) is 14.5. The average molecular weight is 379 g/mol. The van der Waals surface area contributed by atoms with Crippen LogP contribution in [0.4, 0.5) is 5.69 Å². The van der Waals surface area contributed by atoms with Crippen LogP contribution in [-0.4, -0.2) is 32.3 Å². The van der Waals surface area contributed by atoms with Crippen molar-refractivity contribution in [2.45, 2.75) is 6.92 Å². The lowest BCUT2D eigenvalue weighted by atomic mass is 10.2. The lowest BCUT2D eigenvalue weighted by molar-refractivity contribution is -0.384. The van der Waals surface area contributed by atoms with Gasteiger partial charge in [0.25, 0.3) is 5.69 Å². The van der Waals surface area contributed by atoms with E-state index < -0.39 is 10.9 Å². The maximum Gasteiger partial charge on any atom is 0.376 e. The third kappa shape index (κ3) is 3.37. The van der Waals surface area contributed by atoms with Gasteiger partial charge in [0.2, 0.25) is 5.82 Å². The van der Waals surface area contributed by atoms with Crippen LogP contribution in [0.15, 0.2) is 35.7 Å².